The van der Waals surface area contributed by atoms with Gasteiger partial charge in [-0.3, -0.25) is 4.79 Å². The summed E-state index contributed by atoms with van der Waals surface area (Å²) >= 11 is 0. The second kappa shape index (κ2) is 9.13. The number of hydrogen-bond acceptors (Lipinski definition) is 5. The number of benzene rings is 2. The fourth-order valence-electron chi connectivity index (χ4n) is 6.57. The van der Waals surface area contributed by atoms with E-state index in [-0.39, 0.29) is 18.6 Å². The van der Waals surface area contributed by atoms with Crippen LogP contribution in [0, 0.1) is 17.3 Å². The molecule has 5 rings (SSSR count). The van der Waals surface area contributed by atoms with E-state index in [0.717, 1.165) is 36.4 Å². The molecule has 0 heterocycles. The molecule has 0 N–H and O–H groups in total. The molecule has 202 valence electrons. The van der Waals surface area contributed by atoms with Gasteiger partial charge in [0.1, 0.15) is 18.0 Å². The molecule has 2 bridgehead atoms. The molecule has 3 aliphatic rings. The van der Waals surface area contributed by atoms with E-state index in [4.69, 9.17) is 9.47 Å². The van der Waals surface area contributed by atoms with Crippen LogP contribution in [-0.4, -0.2) is 29.9 Å². The Balaban J connectivity index is 1.48. The Kier molecular flexibility index (Phi) is 6.30. The first-order chi connectivity index (χ1) is 17.8. The Morgan fingerprint density at radius 1 is 0.789 bits per heavy atom. The summed E-state index contributed by atoms with van der Waals surface area (Å²) in [7, 11) is 0. The summed E-state index contributed by atoms with van der Waals surface area (Å²) in [5.74, 6) is -3.81. The van der Waals surface area contributed by atoms with Gasteiger partial charge in [-0.15, -0.1) is 0 Å². The van der Waals surface area contributed by atoms with E-state index >= 15 is 0 Å². The number of rotatable bonds is 4. The molecule has 3 aliphatic carbocycles. The molecular formula is C27H22F6O5. The van der Waals surface area contributed by atoms with E-state index in [2.05, 4.69) is 0 Å². The van der Waals surface area contributed by atoms with Crippen LogP contribution in [0.15, 0.2) is 48.5 Å². The minimum Gasteiger partial charge on any atom is -0.455 e. The van der Waals surface area contributed by atoms with Crippen molar-refractivity contribution in [2.24, 2.45) is 17.3 Å². The summed E-state index contributed by atoms with van der Waals surface area (Å²) in [5.41, 5.74) is -4.46. The van der Waals surface area contributed by atoms with Crippen LogP contribution in [-0.2, 0) is 26.6 Å². The normalized spacial score (nSPS) is 28.6. The summed E-state index contributed by atoms with van der Waals surface area (Å²) in [6.45, 7) is 0. The van der Waals surface area contributed by atoms with Crippen molar-refractivity contribution in [2.75, 3.05) is 0 Å². The molecule has 38 heavy (non-hydrogen) atoms. The second-order valence-electron chi connectivity index (χ2n) is 10.1. The number of hydrogen-bond donors (Lipinski definition) is 0. The van der Waals surface area contributed by atoms with Gasteiger partial charge in [-0.1, -0.05) is 24.3 Å². The fraction of sp³-hybridized carbons (Fsp3) is 0.444. The van der Waals surface area contributed by atoms with Gasteiger partial charge in [-0.05, 0) is 55.4 Å². The van der Waals surface area contributed by atoms with Crippen LogP contribution in [0.1, 0.15) is 63.9 Å². The topological polar surface area (TPSA) is 69.7 Å². The highest BCUT2D eigenvalue weighted by Gasteiger charge is 2.64. The summed E-state index contributed by atoms with van der Waals surface area (Å²) in [6, 6.07) is 8.09. The molecule has 0 saturated heterocycles. The van der Waals surface area contributed by atoms with Crippen LogP contribution in [0.2, 0.25) is 0 Å². The van der Waals surface area contributed by atoms with E-state index < -0.39 is 76.0 Å². The minimum atomic E-state index is -4.85. The van der Waals surface area contributed by atoms with Gasteiger partial charge in [0.05, 0.1) is 22.3 Å². The van der Waals surface area contributed by atoms with E-state index in [1.807, 2.05) is 0 Å². The monoisotopic (exact) mass is 540 g/mol. The van der Waals surface area contributed by atoms with Gasteiger partial charge in [-0.25, -0.2) is 9.59 Å². The van der Waals surface area contributed by atoms with Gasteiger partial charge in [0.25, 0.3) is 0 Å². The zero-order valence-electron chi connectivity index (χ0n) is 19.8. The second-order valence-corrected chi connectivity index (χ2v) is 10.1. The van der Waals surface area contributed by atoms with Crippen LogP contribution in [0.4, 0.5) is 26.3 Å². The van der Waals surface area contributed by atoms with Crippen molar-refractivity contribution < 1.29 is 50.2 Å². The van der Waals surface area contributed by atoms with Gasteiger partial charge < -0.3 is 9.47 Å². The highest BCUT2D eigenvalue weighted by Crippen LogP contribution is 2.63. The number of carbonyl (C=O) groups excluding carboxylic acids is 3. The number of Topliss-reactive ketones (excluding diaryl/α,β-unsaturated/α-hetero) is 1. The minimum absolute atomic E-state index is 0.0543. The van der Waals surface area contributed by atoms with E-state index in [1.165, 1.54) is 12.1 Å². The van der Waals surface area contributed by atoms with Crippen LogP contribution in [0.3, 0.4) is 0 Å². The maximum absolute atomic E-state index is 13.5. The number of ether oxygens (including phenoxy) is 2. The molecule has 0 radical (unpaired) electrons. The molecule has 5 nitrogen and oxygen atoms in total. The number of carbonyl (C=O) groups is 3. The lowest BCUT2D eigenvalue weighted by atomic mass is 9.67. The van der Waals surface area contributed by atoms with E-state index in [9.17, 15) is 40.7 Å². The molecule has 3 fully saturated rings. The first kappa shape index (κ1) is 26.2. The van der Waals surface area contributed by atoms with Crippen molar-refractivity contribution in [3.05, 3.63) is 70.8 Å². The number of ketones is 1. The lowest BCUT2D eigenvalue weighted by molar-refractivity contribution is -0.141. The lowest BCUT2D eigenvalue weighted by Gasteiger charge is -2.43. The molecule has 0 aromatic heterocycles. The predicted molar refractivity (Wildman–Crippen MR) is 119 cm³/mol. The van der Waals surface area contributed by atoms with Crippen molar-refractivity contribution in [3.8, 4) is 0 Å². The Bertz CT molecular complexity index is 1290. The molecule has 3 saturated carbocycles. The molecule has 5 unspecified atom stereocenters. The highest BCUT2D eigenvalue weighted by molar-refractivity contribution is 5.93. The Hall–Kier alpha value is -3.37. The van der Waals surface area contributed by atoms with Crippen LogP contribution >= 0.6 is 0 Å². The molecule has 2 aromatic rings. The third kappa shape index (κ3) is 4.45. The van der Waals surface area contributed by atoms with Gasteiger partial charge in [0.15, 0.2) is 0 Å². The predicted octanol–water partition coefficient (Wildman–Crippen LogP) is 6.25. The van der Waals surface area contributed by atoms with Gasteiger partial charge in [0.2, 0.25) is 0 Å². The maximum Gasteiger partial charge on any atom is 0.417 e. The Morgan fingerprint density at radius 2 is 1.32 bits per heavy atom. The average Bonchev–Trinajstić information content (AvgIpc) is 3.34. The zero-order valence-corrected chi connectivity index (χ0v) is 19.8. The fourth-order valence-corrected chi connectivity index (χ4v) is 6.57. The third-order valence-corrected chi connectivity index (χ3v) is 8.08. The Labute approximate surface area is 213 Å². The number of esters is 2. The summed E-state index contributed by atoms with van der Waals surface area (Å²) in [6.07, 6.45) is -10.5. The van der Waals surface area contributed by atoms with Crippen molar-refractivity contribution in [1.29, 1.82) is 0 Å². The van der Waals surface area contributed by atoms with Crippen LogP contribution in [0.25, 0.3) is 0 Å². The highest BCUT2D eigenvalue weighted by atomic mass is 19.4. The molecule has 0 aliphatic heterocycles. The number of halogens is 6. The van der Waals surface area contributed by atoms with Gasteiger partial charge >= 0.3 is 24.3 Å². The van der Waals surface area contributed by atoms with Crippen molar-refractivity contribution in [1.82, 2.24) is 0 Å². The van der Waals surface area contributed by atoms with Crippen molar-refractivity contribution in [3.63, 3.8) is 0 Å². The first-order valence-corrected chi connectivity index (χ1v) is 12.1. The number of alkyl halides is 6. The first-order valence-electron chi connectivity index (χ1n) is 12.1. The standard InChI is InChI=1S/C27H22F6O5/c28-26(29,30)17-7-3-1-5-14(17)23(35)37-20-13-25-11-9-16(21(25)19(34)10-12-25)22(20)38-24(36)15-6-2-4-8-18(15)27(31,32)33/h1-8,16,20-22H,9-13H2. The lowest BCUT2D eigenvalue weighted by Crippen LogP contribution is -2.51. The summed E-state index contributed by atoms with van der Waals surface area (Å²) in [4.78, 5) is 38.7. The van der Waals surface area contributed by atoms with Crippen molar-refractivity contribution in [2.45, 2.75) is 56.7 Å². The summed E-state index contributed by atoms with van der Waals surface area (Å²) in [5, 5.41) is 0. The molecule has 0 amide bonds. The smallest absolute Gasteiger partial charge is 0.417 e. The van der Waals surface area contributed by atoms with Crippen molar-refractivity contribution >= 4 is 17.7 Å². The molecule has 11 heteroatoms. The molecular weight excluding hydrogens is 518 g/mol. The quantitative estimate of drug-likeness (QED) is 0.339. The van der Waals surface area contributed by atoms with Crippen LogP contribution in [0.5, 0.6) is 0 Å². The van der Waals surface area contributed by atoms with E-state index in [0.29, 0.717) is 19.3 Å². The Morgan fingerprint density at radius 3 is 1.87 bits per heavy atom. The third-order valence-electron chi connectivity index (χ3n) is 8.08. The molecule has 2 aromatic carbocycles. The molecule has 0 spiro atoms. The van der Waals surface area contributed by atoms with Gasteiger partial charge in [-0.2, -0.15) is 26.3 Å². The largest absolute Gasteiger partial charge is 0.455 e. The maximum atomic E-state index is 13.5. The zero-order chi connectivity index (χ0) is 27.5. The van der Waals surface area contributed by atoms with Gasteiger partial charge in [0, 0.05) is 18.3 Å². The van der Waals surface area contributed by atoms with E-state index in [1.54, 1.807) is 0 Å². The van der Waals surface area contributed by atoms with Crippen LogP contribution < -0.4 is 0 Å². The SMILES string of the molecule is O=C(OC1CC23CCC(=O)C2C(CC3)C1OC(=O)c1ccccc1C(F)(F)F)c1ccccc1C(F)(F)F. The summed E-state index contributed by atoms with van der Waals surface area (Å²) < 4.78 is 92.2. The molecule has 5 atom stereocenters. The average molecular weight is 540 g/mol.